The molecule has 0 fully saturated rings. The van der Waals surface area contributed by atoms with Crippen LogP contribution in [0.25, 0.3) is 0 Å². The Balaban J connectivity index is 2.02. The van der Waals surface area contributed by atoms with Crippen molar-refractivity contribution in [1.82, 2.24) is 9.97 Å². The molecule has 100 valence electrons. The summed E-state index contributed by atoms with van der Waals surface area (Å²) < 4.78 is 0. The van der Waals surface area contributed by atoms with Crippen molar-refractivity contribution in [2.24, 2.45) is 0 Å². The number of Topliss-reactive ketones (excluding diaryl/α,β-unsaturated/α-hetero) is 1. The van der Waals surface area contributed by atoms with E-state index in [0.29, 0.717) is 0 Å². The molecule has 0 aliphatic carbocycles. The van der Waals surface area contributed by atoms with Crippen LogP contribution in [0.2, 0.25) is 0 Å². The first kappa shape index (κ1) is 13.7. The molecule has 0 unspecified atom stereocenters. The Kier molecular flexibility index (Phi) is 4.27. The lowest BCUT2D eigenvalue weighted by Gasteiger charge is -2.15. The van der Waals surface area contributed by atoms with Gasteiger partial charge in [-0.2, -0.15) is 0 Å². The Morgan fingerprint density at radius 1 is 1.37 bits per heavy atom. The summed E-state index contributed by atoms with van der Waals surface area (Å²) >= 11 is 1.46. The van der Waals surface area contributed by atoms with E-state index in [-0.39, 0.29) is 5.78 Å². The van der Waals surface area contributed by atoms with Gasteiger partial charge in [0.15, 0.2) is 10.9 Å². The SMILES string of the molecule is CC(=O)c1sc(N(C)CCc2ccncc2)nc1C. The minimum absolute atomic E-state index is 0.0868. The summed E-state index contributed by atoms with van der Waals surface area (Å²) in [7, 11) is 2.00. The van der Waals surface area contributed by atoms with Gasteiger partial charge in [0.1, 0.15) is 0 Å². The second-order valence-corrected chi connectivity index (χ2v) is 5.47. The van der Waals surface area contributed by atoms with Crippen molar-refractivity contribution in [3.05, 3.63) is 40.7 Å². The highest BCUT2D eigenvalue weighted by molar-refractivity contribution is 7.17. The number of hydrogen-bond acceptors (Lipinski definition) is 5. The molecule has 0 aliphatic heterocycles. The summed E-state index contributed by atoms with van der Waals surface area (Å²) in [4.78, 5) is 22.7. The van der Waals surface area contributed by atoms with Crippen molar-refractivity contribution in [2.75, 3.05) is 18.5 Å². The quantitative estimate of drug-likeness (QED) is 0.787. The van der Waals surface area contributed by atoms with E-state index >= 15 is 0 Å². The van der Waals surface area contributed by atoms with Crippen LogP contribution in [0.15, 0.2) is 24.5 Å². The van der Waals surface area contributed by atoms with E-state index < -0.39 is 0 Å². The van der Waals surface area contributed by atoms with Gasteiger partial charge in [0.2, 0.25) is 0 Å². The predicted octanol–water partition coefficient (Wildman–Crippen LogP) is 2.73. The first-order valence-electron chi connectivity index (χ1n) is 6.16. The van der Waals surface area contributed by atoms with Crippen molar-refractivity contribution in [3.63, 3.8) is 0 Å². The van der Waals surface area contributed by atoms with Crippen molar-refractivity contribution in [3.8, 4) is 0 Å². The van der Waals surface area contributed by atoms with Crippen LogP contribution in [0.5, 0.6) is 0 Å². The number of carbonyl (C=O) groups excluding carboxylic acids is 1. The predicted molar refractivity (Wildman–Crippen MR) is 78.1 cm³/mol. The topological polar surface area (TPSA) is 46.1 Å². The number of likely N-dealkylation sites (N-methyl/N-ethyl adjacent to an activating group) is 1. The molecule has 0 atom stereocenters. The first-order chi connectivity index (χ1) is 9.08. The largest absolute Gasteiger partial charge is 0.351 e. The van der Waals surface area contributed by atoms with Crippen LogP contribution in [-0.2, 0) is 6.42 Å². The Bertz CT molecular complexity index is 565. The Morgan fingerprint density at radius 2 is 2.05 bits per heavy atom. The van der Waals surface area contributed by atoms with E-state index in [1.54, 1.807) is 19.3 Å². The summed E-state index contributed by atoms with van der Waals surface area (Å²) in [6, 6.07) is 4.03. The van der Waals surface area contributed by atoms with Gasteiger partial charge in [0, 0.05) is 32.9 Å². The maximum Gasteiger partial charge on any atom is 0.185 e. The van der Waals surface area contributed by atoms with Crippen molar-refractivity contribution in [1.29, 1.82) is 0 Å². The van der Waals surface area contributed by atoms with Gasteiger partial charge in [0.05, 0.1) is 10.6 Å². The fourth-order valence-corrected chi connectivity index (χ4v) is 2.76. The van der Waals surface area contributed by atoms with Crippen LogP contribution in [-0.4, -0.2) is 29.3 Å². The molecule has 2 rings (SSSR count). The number of ketones is 1. The molecular weight excluding hydrogens is 258 g/mol. The number of aryl methyl sites for hydroxylation is 1. The van der Waals surface area contributed by atoms with Crippen molar-refractivity contribution in [2.45, 2.75) is 20.3 Å². The maximum atomic E-state index is 11.4. The van der Waals surface area contributed by atoms with Gasteiger partial charge in [-0.15, -0.1) is 0 Å². The second kappa shape index (κ2) is 5.93. The Hall–Kier alpha value is -1.75. The van der Waals surface area contributed by atoms with Crippen molar-refractivity contribution >= 4 is 22.3 Å². The molecule has 0 saturated heterocycles. The highest BCUT2D eigenvalue weighted by Crippen LogP contribution is 2.25. The lowest BCUT2D eigenvalue weighted by Crippen LogP contribution is -2.20. The zero-order chi connectivity index (χ0) is 13.8. The molecule has 2 aromatic rings. The third-order valence-electron chi connectivity index (χ3n) is 2.92. The number of nitrogens with zero attached hydrogens (tertiary/aromatic N) is 3. The van der Waals surface area contributed by atoms with E-state index in [1.165, 1.54) is 16.9 Å². The molecule has 4 nitrogen and oxygen atoms in total. The second-order valence-electron chi connectivity index (χ2n) is 4.49. The molecule has 2 heterocycles. The van der Waals surface area contributed by atoms with Gasteiger partial charge >= 0.3 is 0 Å². The molecular formula is C14H17N3OS. The summed E-state index contributed by atoms with van der Waals surface area (Å²) in [5.74, 6) is 0.0868. The number of rotatable bonds is 5. The normalized spacial score (nSPS) is 10.5. The van der Waals surface area contributed by atoms with E-state index in [1.807, 2.05) is 26.1 Å². The molecule has 0 radical (unpaired) electrons. The minimum Gasteiger partial charge on any atom is -0.351 e. The van der Waals surface area contributed by atoms with E-state index in [0.717, 1.165) is 28.7 Å². The van der Waals surface area contributed by atoms with E-state index in [2.05, 4.69) is 14.9 Å². The Labute approximate surface area is 117 Å². The molecule has 0 saturated carbocycles. The smallest absolute Gasteiger partial charge is 0.185 e. The van der Waals surface area contributed by atoms with Crippen LogP contribution in [0.3, 0.4) is 0 Å². The van der Waals surface area contributed by atoms with Gasteiger partial charge in [-0.3, -0.25) is 9.78 Å². The monoisotopic (exact) mass is 275 g/mol. The number of pyridine rings is 1. The summed E-state index contributed by atoms with van der Waals surface area (Å²) in [5.41, 5.74) is 2.07. The van der Waals surface area contributed by atoms with Crippen LogP contribution in [0.4, 0.5) is 5.13 Å². The van der Waals surface area contributed by atoms with Crippen molar-refractivity contribution < 1.29 is 4.79 Å². The molecule has 0 bridgehead atoms. The minimum atomic E-state index is 0.0868. The third kappa shape index (κ3) is 3.38. The Morgan fingerprint density at radius 3 is 2.63 bits per heavy atom. The summed E-state index contributed by atoms with van der Waals surface area (Å²) in [6.07, 6.45) is 4.54. The van der Waals surface area contributed by atoms with Gasteiger partial charge in [0.25, 0.3) is 0 Å². The zero-order valence-electron chi connectivity index (χ0n) is 11.4. The number of carbonyl (C=O) groups is 1. The average Bonchev–Trinajstić information content (AvgIpc) is 2.79. The molecule has 5 heteroatoms. The van der Waals surface area contributed by atoms with Crippen LogP contribution in [0, 0.1) is 6.92 Å². The highest BCUT2D eigenvalue weighted by Gasteiger charge is 2.13. The molecule has 0 N–H and O–H groups in total. The molecule has 0 amide bonds. The lowest BCUT2D eigenvalue weighted by molar-refractivity contribution is 0.102. The van der Waals surface area contributed by atoms with Gasteiger partial charge in [-0.05, 0) is 31.0 Å². The standard InChI is InChI=1S/C14H17N3OS/c1-10-13(11(2)18)19-14(16-10)17(3)9-6-12-4-7-15-8-5-12/h4-5,7-8H,6,9H2,1-3H3. The molecule has 0 aromatic carbocycles. The number of thiazole rings is 1. The van der Waals surface area contributed by atoms with E-state index in [4.69, 9.17) is 0 Å². The molecule has 0 spiro atoms. The lowest BCUT2D eigenvalue weighted by atomic mass is 10.2. The summed E-state index contributed by atoms with van der Waals surface area (Å²) in [5, 5.41) is 0.900. The highest BCUT2D eigenvalue weighted by atomic mass is 32.1. The van der Waals surface area contributed by atoms with Crippen LogP contribution < -0.4 is 4.90 Å². The van der Waals surface area contributed by atoms with Gasteiger partial charge in [-0.25, -0.2) is 4.98 Å². The fourth-order valence-electron chi connectivity index (χ4n) is 1.81. The maximum absolute atomic E-state index is 11.4. The van der Waals surface area contributed by atoms with Crippen LogP contribution in [0.1, 0.15) is 27.9 Å². The number of aromatic nitrogens is 2. The fraction of sp³-hybridized carbons (Fsp3) is 0.357. The molecule has 2 aromatic heterocycles. The first-order valence-corrected chi connectivity index (χ1v) is 6.98. The van der Waals surface area contributed by atoms with Crippen LogP contribution >= 0.6 is 11.3 Å². The van der Waals surface area contributed by atoms with Gasteiger partial charge in [-0.1, -0.05) is 11.3 Å². The number of anilines is 1. The number of hydrogen-bond donors (Lipinski definition) is 0. The molecule has 19 heavy (non-hydrogen) atoms. The zero-order valence-corrected chi connectivity index (χ0v) is 12.2. The average molecular weight is 275 g/mol. The third-order valence-corrected chi connectivity index (χ3v) is 4.29. The van der Waals surface area contributed by atoms with E-state index in [9.17, 15) is 4.79 Å². The van der Waals surface area contributed by atoms with Gasteiger partial charge < -0.3 is 4.90 Å². The molecule has 0 aliphatic rings. The summed E-state index contributed by atoms with van der Waals surface area (Å²) in [6.45, 7) is 4.34.